The third-order valence-electron chi connectivity index (χ3n) is 4.18. The molecule has 0 saturated carbocycles. The molecule has 0 aromatic carbocycles. The van der Waals surface area contributed by atoms with Crippen LogP contribution in [0.3, 0.4) is 0 Å². The van der Waals surface area contributed by atoms with Gasteiger partial charge in [0.25, 0.3) is 0 Å². The monoisotopic (exact) mass is 326 g/mol. The van der Waals surface area contributed by atoms with E-state index in [9.17, 15) is 5.11 Å². The van der Waals surface area contributed by atoms with Crippen molar-refractivity contribution in [3.63, 3.8) is 0 Å². The predicted octanol–water partition coefficient (Wildman–Crippen LogP) is 0.204. The Morgan fingerprint density at radius 1 is 1.17 bits per heavy atom. The first-order chi connectivity index (χ1) is 11.6. The molecule has 1 N–H and O–H groups in total. The number of hydrogen-bond donors (Lipinski definition) is 1. The summed E-state index contributed by atoms with van der Waals surface area (Å²) in [5.41, 5.74) is 0.0891. The average molecular weight is 326 g/mol. The average Bonchev–Trinajstić information content (AvgIpc) is 3.30. The molecule has 24 heavy (non-hydrogen) atoms. The lowest BCUT2D eigenvalue weighted by atomic mass is 10.0. The molecule has 0 amide bonds. The normalized spacial score (nSPS) is 20.7. The van der Waals surface area contributed by atoms with Gasteiger partial charge in [-0.1, -0.05) is 5.21 Å². The van der Waals surface area contributed by atoms with Crippen molar-refractivity contribution in [3.8, 4) is 5.82 Å². The fourth-order valence-corrected chi connectivity index (χ4v) is 2.95. The van der Waals surface area contributed by atoms with Crippen LogP contribution < -0.4 is 4.90 Å². The van der Waals surface area contributed by atoms with E-state index < -0.39 is 5.60 Å². The molecule has 1 unspecified atom stereocenters. The number of aliphatic hydroxyl groups is 1. The molecule has 1 aliphatic heterocycles. The van der Waals surface area contributed by atoms with E-state index in [-0.39, 0.29) is 0 Å². The molecule has 0 aliphatic carbocycles. The number of β-amino-alcohol motifs (C(OH)–C–C–N with tert-alkyl or cyclic N) is 1. The van der Waals surface area contributed by atoms with Gasteiger partial charge < -0.3 is 10.0 Å². The fraction of sp³-hybridized carbons (Fsp3) is 0.400. The lowest BCUT2D eigenvalue weighted by Crippen LogP contribution is -2.38. The van der Waals surface area contributed by atoms with Gasteiger partial charge >= 0.3 is 0 Å². The van der Waals surface area contributed by atoms with Crippen LogP contribution in [-0.4, -0.2) is 58.8 Å². The molecule has 124 valence electrons. The quantitative estimate of drug-likeness (QED) is 0.731. The SMILES string of the molecule is Cc1ccn(-c2ccc(N3CCC(O)(Cn4ccnn4)C3)nn2)n1. The Bertz CT molecular complexity index is 812. The highest BCUT2D eigenvalue weighted by Gasteiger charge is 2.37. The molecule has 0 bridgehead atoms. The van der Waals surface area contributed by atoms with E-state index in [0.29, 0.717) is 25.3 Å². The van der Waals surface area contributed by atoms with Crippen molar-refractivity contribution in [1.82, 2.24) is 35.0 Å². The highest BCUT2D eigenvalue weighted by Crippen LogP contribution is 2.26. The van der Waals surface area contributed by atoms with E-state index >= 15 is 0 Å². The maximum absolute atomic E-state index is 10.7. The Balaban J connectivity index is 1.47. The largest absolute Gasteiger partial charge is 0.386 e. The first-order valence-electron chi connectivity index (χ1n) is 7.79. The van der Waals surface area contributed by atoms with Crippen LogP contribution >= 0.6 is 0 Å². The number of aromatic nitrogens is 7. The molecular weight excluding hydrogens is 308 g/mol. The maximum Gasteiger partial charge on any atom is 0.175 e. The second kappa shape index (κ2) is 5.68. The number of aryl methyl sites for hydroxylation is 1. The molecular formula is C15H18N8O. The van der Waals surface area contributed by atoms with E-state index in [1.807, 2.05) is 36.2 Å². The van der Waals surface area contributed by atoms with Gasteiger partial charge in [0.1, 0.15) is 5.60 Å². The van der Waals surface area contributed by atoms with E-state index in [4.69, 9.17) is 0 Å². The molecule has 0 spiro atoms. The maximum atomic E-state index is 10.7. The van der Waals surface area contributed by atoms with Gasteiger partial charge in [-0.3, -0.25) is 0 Å². The summed E-state index contributed by atoms with van der Waals surface area (Å²) in [6.45, 7) is 3.56. The summed E-state index contributed by atoms with van der Waals surface area (Å²) in [4.78, 5) is 2.03. The van der Waals surface area contributed by atoms with Crippen molar-refractivity contribution in [3.05, 3.63) is 42.5 Å². The summed E-state index contributed by atoms with van der Waals surface area (Å²) in [5.74, 6) is 1.42. The van der Waals surface area contributed by atoms with Crippen molar-refractivity contribution >= 4 is 5.82 Å². The van der Waals surface area contributed by atoms with Crippen LogP contribution in [0.25, 0.3) is 5.82 Å². The van der Waals surface area contributed by atoms with Gasteiger partial charge in [-0.25, -0.2) is 9.36 Å². The van der Waals surface area contributed by atoms with E-state index in [0.717, 1.165) is 18.1 Å². The summed E-state index contributed by atoms with van der Waals surface area (Å²) in [6.07, 6.45) is 5.86. The summed E-state index contributed by atoms with van der Waals surface area (Å²) in [7, 11) is 0. The number of hydrogen-bond acceptors (Lipinski definition) is 7. The second-order valence-corrected chi connectivity index (χ2v) is 6.15. The Morgan fingerprint density at radius 3 is 2.67 bits per heavy atom. The highest BCUT2D eigenvalue weighted by molar-refractivity contribution is 5.41. The zero-order chi connectivity index (χ0) is 16.6. The molecule has 4 heterocycles. The van der Waals surface area contributed by atoms with Crippen LogP contribution in [0.15, 0.2) is 36.8 Å². The Hall–Kier alpha value is -2.81. The van der Waals surface area contributed by atoms with Crippen LogP contribution in [0.2, 0.25) is 0 Å². The molecule has 4 rings (SSSR count). The summed E-state index contributed by atoms with van der Waals surface area (Å²) in [6, 6.07) is 5.70. The molecule has 1 atom stereocenters. The van der Waals surface area contributed by atoms with Gasteiger partial charge in [0.05, 0.1) is 25.0 Å². The first-order valence-corrected chi connectivity index (χ1v) is 7.79. The highest BCUT2D eigenvalue weighted by atomic mass is 16.3. The van der Waals surface area contributed by atoms with Gasteiger partial charge in [0, 0.05) is 18.9 Å². The van der Waals surface area contributed by atoms with Gasteiger partial charge in [0.2, 0.25) is 0 Å². The number of anilines is 1. The minimum absolute atomic E-state index is 0.418. The lowest BCUT2D eigenvalue weighted by molar-refractivity contribution is 0.0408. The molecule has 1 fully saturated rings. The van der Waals surface area contributed by atoms with Crippen LogP contribution in [0.4, 0.5) is 5.82 Å². The Morgan fingerprint density at radius 2 is 2.00 bits per heavy atom. The Kier molecular flexibility index (Phi) is 3.49. The topological polar surface area (TPSA) is 97.8 Å². The smallest absolute Gasteiger partial charge is 0.175 e. The van der Waals surface area contributed by atoms with E-state index in [2.05, 4.69) is 25.6 Å². The Labute approximate surface area is 138 Å². The summed E-state index contributed by atoms with van der Waals surface area (Å²) < 4.78 is 3.34. The van der Waals surface area contributed by atoms with Gasteiger partial charge in [-0.2, -0.15) is 5.10 Å². The van der Waals surface area contributed by atoms with Crippen LogP contribution in [0.5, 0.6) is 0 Å². The third kappa shape index (κ3) is 2.85. The molecule has 9 nitrogen and oxygen atoms in total. The summed E-state index contributed by atoms with van der Waals surface area (Å²) >= 11 is 0. The van der Waals surface area contributed by atoms with Crippen molar-refractivity contribution in [1.29, 1.82) is 0 Å². The van der Waals surface area contributed by atoms with E-state index in [1.54, 1.807) is 21.8 Å². The molecule has 9 heteroatoms. The third-order valence-corrected chi connectivity index (χ3v) is 4.18. The summed E-state index contributed by atoms with van der Waals surface area (Å²) in [5, 5.41) is 31.3. The molecule has 3 aromatic rings. The predicted molar refractivity (Wildman–Crippen MR) is 85.7 cm³/mol. The van der Waals surface area contributed by atoms with Crippen LogP contribution in [0.1, 0.15) is 12.1 Å². The minimum atomic E-state index is -0.840. The van der Waals surface area contributed by atoms with Gasteiger partial charge in [0.15, 0.2) is 11.6 Å². The van der Waals surface area contributed by atoms with Gasteiger partial charge in [-0.05, 0) is 31.5 Å². The van der Waals surface area contributed by atoms with Crippen LogP contribution in [-0.2, 0) is 6.54 Å². The van der Waals surface area contributed by atoms with Crippen molar-refractivity contribution in [2.24, 2.45) is 0 Å². The van der Waals surface area contributed by atoms with E-state index in [1.165, 1.54) is 0 Å². The number of nitrogens with zero attached hydrogens (tertiary/aromatic N) is 8. The molecule has 1 saturated heterocycles. The standard InChI is InChI=1S/C15H18N8O/c1-12-4-7-23(19-12)14-3-2-13(17-18-14)21-8-5-15(24,10-21)11-22-9-6-16-20-22/h2-4,6-7,9,24H,5,8,10-11H2,1H3. The molecule has 1 aliphatic rings. The van der Waals surface area contributed by atoms with Crippen molar-refractivity contribution in [2.45, 2.75) is 25.5 Å². The number of rotatable bonds is 4. The zero-order valence-corrected chi connectivity index (χ0v) is 13.3. The van der Waals surface area contributed by atoms with Crippen molar-refractivity contribution in [2.75, 3.05) is 18.0 Å². The van der Waals surface area contributed by atoms with Crippen LogP contribution in [0, 0.1) is 6.92 Å². The molecule has 0 radical (unpaired) electrons. The lowest BCUT2D eigenvalue weighted by Gasteiger charge is -2.23. The zero-order valence-electron chi connectivity index (χ0n) is 13.3. The fourth-order valence-electron chi connectivity index (χ4n) is 2.95. The van der Waals surface area contributed by atoms with Gasteiger partial charge in [-0.15, -0.1) is 15.3 Å². The minimum Gasteiger partial charge on any atom is -0.386 e. The first kappa shape index (κ1) is 14.8. The van der Waals surface area contributed by atoms with Crippen molar-refractivity contribution < 1.29 is 5.11 Å². The second-order valence-electron chi connectivity index (χ2n) is 6.15. The molecule has 3 aromatic heterocycles.